The molecule has 4 heterocycles. The van der Waals surface area contributed by atoms with Gasteiger partial charge in [0.15, 0.2) is 6.67 Å². The van der Waals surface area contributed by atoms with E-state index in [0.29, 0.717) is 29.3 Å². The monoisotopic (exact) mass is 519 g/mol. The average molecular weight is 520 g/mol. The molecule has 0 unspecified atom stereocenters. The molecule has 2 aliphatic rings. The van der Waals surface area contributed by atoms with Crippen LogP contribution in [0.3, 0.4) is 0 Å². The van der Waals surface area contributed by atoms with Crippen LogP contribution in [0.5, 0.6) is 0 Å². The highest BCUT2D eigenvalue weighted by Crippen LogP contribution is 2.35. The van der Waals surface area contributed by atoms with Crippen molar-refractivity contribution in [3.05, 3.63) is 98.7 Å². The Bertz CT molecular complexity index is 1340. The van der Waals surface area contributed by atoms with E-state index in [2.05, 4.69) is 25.9 Å². The molecule has 1 aromatic carbocycles. The maximum atomic E-state index is 13.7. The molecule has 5 rings (SSSR count). The highest BCUT2D eigenvalue weighted by atomic mass is 79.9. The summed E-state index contributed by atoms with van der Waals surface area (Å²) in [6.07, 6.45) is 1.70. The van der Waals surface area contributed by atoms with Gasteiger partial charge in [-0.25, -0.2) is 0 Å². The van der Waals surface area contributed by atoms with Crippen LogP contribution in [-0.4, -0.2) is 48.3 Å². The number of hydrazone groups is 1. The second kappa shape index (κ2) is 8.88. The van der Waals surface area contributed by atoms with Gasteiger partial charge >= 0.3 is 5.84 Å². The summed E-state index contributed by atoms with van der Waals surface area (Å²) in [5.41, 5.74) is 11.1. The van der Waals surface area contributed by atoms with Gasteiger partial charge in [-0.15, -0.1) is 0 Å². The van der Waals surface area contributed by atoms with E-state index in [1.807, 2.05) is 55.5 Å². The van der Waals surface area contributed by atoms with Crippen LogP contribution in [0.1, 0.15) is 28.2 Å². The fraction of sp³-hybridized carbons (Fsp3) is 0.167. The Balaban J connectivity index is 1.69. The van der Waals surface area contributed by atoms with E-state index in [1.165, 1.54) is 0 Å². The number of amidine groups is 1. The zero-order chi connectivity index (χ0) is 23.8. The van der Waals surface area contributed by atoms with E-state index in [1.54, 1.807) is 22.2 Å². The van der Waals surface area contributed by atoms with Gasteiger partial charge in [0.2, 0.25) is 0 Å². The topological polar surface area (TPSA) is 117 Å². The Kier molecular flexibility index (Phi) is 5.76. The average Bonchev–Trinajstić information content (AvgIpc) is 3.17. The Morgan fingerprint density at radius 3 is 2.62 bits per heavy atom. The molecule has 0 aliphatic carbocycles. The zero-order valence-electron chi connectivity index (χ0n) is 18.4. The SMILES string of the molecule is Cc1cc(C2=C(c3ccccc3)N=C(N)N3CN(Cc4ccc(Br)cn4)[N+]([O-])=C23)cc(CO)n1. The Labute approximate surface area is 204 Å². The lowest BCUT2D eigenvalue weighted by molar-refractivity contribution is -0.630. The minimum Gasteiger partial charge on any atom is -0.692 e. The third-order valence-electron chi connectivity index (χ3n) is 5.60. The highest BCUT2D eigenvalue weighted by Gasteiger charge is 2.44. The van der Waals surface area contributed by atoms with Gasteiger partial charge in [0.25, 0.3) is 5.96 Å². The van der Waals surface area contributed by atoms with E-state index < -0.39 is 0 Å². The first-order valence-corrected chi connectivity index (χ1v) is 11.4. The highest BCUT2D eigenvalue weighted by molar-refractivity contribution is 9.10. The fourth-order valence-corrected chi connectivity index (χ4v) is 4.34. The van der Waals surface area contributed by atoms with Crippen LogP contribution in [0, 0.1) is 12.1 Å². The van der Waals surface area contributed by atoms with Crippen LogP contribution in [0.4, 0.5) is 0 Å². The number of hydrogen-bond acceptors (Lipinski definition) is 8. The van der Waals surface area contributed by atoms with Gasteiger partial charge in [-0.1, -0.05) is 30.3 Å². The van der Waals surface area contributed by atoms with Crippen LogP contribution in [0.15, 0.2) is 70.3 Å². The molecule has 3 N–H and O–H groups in total. The number of aliphatic hydroxyl groups is 1. The Hall–Kier alpha value is -3.76. The molecule has 0 radical (unpaired) electrons. The number of nitrogens with two attached hydrogens (primary N) is 1. The molecule has 0 atom stereocenters. The quantitative estimate of drug-likeness (QED) is 0.393. The van der Waals surface area contributed by atoms with Gasteiger partial charge in [-0.05, 0) is 52.7 Å². The van der Waals surface area contributed by atoms with E-state index in [9.17, 15) is 10.3 Å². The van der Waals surface area contributed by atoms with Crippen molar-refractivity contribution in [3.63, 3.8) is 0 Å². The summed E-state index contributed by atoms with van der Waals surface area (Å²) in [5.74, 6) is 0.607. The molecule has 2 aliphatic heterocycles. The van der Waals surface area contributed by atoms with E-state index >= 15 is 0 Å². The van der Waals surface area contributed by atoms with E-state index in [-0.39, 0.29) is 19.2 Å². The van der Waals surface area contributed by atoms with Crippen LogP contribution < -0.4 is 5.73 Å². The summed E-state index contributed by atoms with van der Waals surface area (Å²) >= 11 is 3.39. The molecule has 3 aromatic rings. The molecule has 0 spiro atoms. The second-order valence-electron chi connectivity index (χ2n) is 8.00. The number of hydrazine groups is 1. The number of rotatable bonds is 5. The number of aliphatic imine (C=N–C) groups is 1. The van der Waals surface area contributed by atoms with Gasteiger partial charge < -0.3 is 16.0 Å². The van der Waals surface area contributed by atoms with Crippen molar-refractivity contribution >= 4 is 39.0 Å². The number of hydrogen-bond donors (Lipinski definition) is 2. The first-order valence-electron chi connectivity index (χ1n) is 10.6. The van der Waals surface area contributed by atoms with Crippen molar-refractivity contribution in [2.75, 3.05) is 6.67 Å². The number of guanidine groups is 1. The number of benzene rings is 1. The number of aryl methyl sites for hydroxylation is 1. The lowest BCUT2D eigenvalue weighted by Crippen LogP contribution is -2.44. The van der Waals surface area contributed by atoms with Crippen molar-refractivity contribution in [2.45, 2.75) is 20.1 Å². The number of fused-ring (bicyclic) bond motifs is 1. The lowest BCUT2D eigenvalue weighted by Gasteiger charge is -2.22. The summed E-state index contributed by atoms with van der Waals surface area (Å²) in [6.45, 7) is 2.17. The molecule has 34 heavy (non-hydrogen) atoms. The Morgan fingerprint density at radius 1 is 1.12 bits per heavy atom. The molecular formula is C24H22BrN7O2. The maximum absolute atomic E-state index is 13.7. The van der Waals surface area contributed by atoms with Gasteiger partial charge in [-0.2, -0.15) is 19.7 Å². The number of nitrogens with zero attached hydrogens (tertiary/aromatic N) is 6. The standard InChI is InChI=1S/C24H22BrN7O2/c1-15-9-17(10-20(13-33)28-15)21-22(16-5-3-2-4-6-16)29-24(26)31-14-30(32(34)23(21)31)12-19-8-7-18(25)11-27-19/h2-11,33H,12-14H2,1H3,(H2,26,29). The first-order chi connectivity index (χ1) is 16.4. The third kappa shape index (κ3) is 4.02. The fourth-order valence-electron chi connectivity index (χ4n) is 4.11. The van der Waals surface area contributed by atoms with Crippen molar-refractivity contribution in [1.29, 1.82) is 0 Å². The van der Waals surface area contributed by atoms with Gasteiger partial charge in [-0.3, -0.25) is 9.97 Å². The second-order valence-corrected chi connectivity index (χ2v) is 8.92. The van der Waals surface area contributed by atoms with Gasteiger partial charge in [0.1, 0.15) is 12.1 Å². The van der Waals surface area contributed by atoms with Crippen molar-refractivity contribution in [3.8, 4) is 0 Å². The molecular weight excluding hydrogens is 498 g/mol. The number of aromatic nitrogens is 2. The normalized spacial score (nSPS) is 15.7. The smallest absolute Gasteiger partial charge is 0.318 e. The summed E-state index contributed by atoms with van der Waals surface area (Å²) in [4.78, 5) is 16.0. The zero-order valence-corrected chi connectivity index (χ0v) is 20.0. The maximum Gasteiger partial charge on any atom is 0.318 e. The molecule has 0 fully saturated rings. The van der Waals surface area contributed by atoms with Crippen LogP contribution >= 0.6 is 15.9 Å². The summed E-state index contributed by atoms with van der Waals surface area (Å²) in [6, 6.07) is 17.0. The van der Waals surface area contributed by atoms with Crippen LogP contribution in [0.2, 0.25) is 0 Å². The summed E-state index contributed by atoms with van der Waals surface area (Å²) in [7, 11) is 0. The van der Waals surface area contributed by atoms with Crippen LogP contribution in [-0.2, 0) is 13.2 Å². The molecule has 0 saturated carbocycles. The molecule has 2 aromatic heterocycles. The molecule has 172 valence electrons. The minimum atomic E-state index is -0.213. The summed E-state index contributed by atoms with van der Waals surface area (Å²) < 4.78 is 0.866. The predicted octanol–water partition coefficient (Wildman–Crippen LogP) is 2.84. The molecule has 0 bridgehead atoms. The summed E-state index contributed by atoms with van der Waals surface area (Å²) in [5, 5.41) is 25.0. The minimum absolute atomic E-state index is 0.213. The van der Waals surface area contributed by atoms with Crippen LogP contribution in [0.25, 0.3) is 11.3 Å². The molecule has 0 saturated heterocycles. The van der Waals surface area contributed by atoms with E-state index in [4.69, 9.17) is 10.7 Å². The number of pyridine rings is 2. The molecule has 9 nitrogen and oxygen atoms in total. The largest absolute Gasteiger partial charge is 0.692 e. The van der Waals surface area contributed by atoms with Gasteiger partial charge in [0, 0.05) is 21.9 Å². The number of halogens is 1. The third-order valence-corrected chi connectivity index (χ3v) is 6.07. The Morgan fingerprint density at radius 2 is 1.91 bits per heavy atom. The van der Waals surface area contributed by atoms with Crippen molar-refractivity contribution < 1.29 is 9.95 Å². The van der Waals surface area contributed by atoms with Gasteiger partial charge in [0.05, 0.1) is 23.7 Å². The number of aliphatic hydroxyl groups excluding tert-OH is 1. The van der Waals surface area contributed by atoms with Crippen molar-refractivity contribution in [2.24, 2.45) is 10.7 Å². The van der Waals surface area contributed by atoms with E-state index in [0.717, 1.165) is 31.8 Å². The first kappa shape index (κ1) is 22.1. The molecule has 0 amide bonds. The van der Waals surface area contributed by atoms with Crippen molar-refractivity contribution in [1.82, 2.24) is 19.9 Å². The lowest BCUT2D eigenvalue weighted by atomic mass is 9.96. The predicted molar refractivity (Wildman–Crippen MR) is 133 cm³/mol. The molecule has 10 heteroatoms.